The molecule has 2 atom stereocenters. The van der Waals surface area contributed by atoms with Crippen molar-refractivity contribution in [2.24, 2.45) is 0 Å². The maximum Gasteiger partial charge on any atom is 0.0449 e. The third-order valence-electron chi connectivity index (χ3n) is 6.63. The van der Waals surface area contributed by atoms with Crippen molar-refractivity contribution in [2.75, 3.05) is 4.90 Å². The molecule has 0 N–H and O–H groups in total. The second-order valence-electron chi connectivity index (χ2n) is 8.78. The van der Waals surface area contributed by atoms with E-state index in [0.717, 1.165) is 0 Å². The number of hydrogen-bond acceptors (Lipinski definition) is 1. The molecular weight excluding hydrogens is 350 g/mol. The van der Waals surface area contributed by atoms with E-state index in [0.29, 0.717) is 17.9 Å². The molecule has 3 aromatic carbocycles. The molecule has 1 fully saturated rings. The molecule has 1 nitrogen and oxygen atoms in total. The average Bonchev–Trinajstić information content (AvgIpc) is 3.34. The van der Waals surface area contributed by atoms with Gasteiger partial charge in [0.15, 0.2) is 0 Å². The van der Waals surface area contributed by atoms with Gasteiger partial charge in [-0.1, -0.05) is 87.0 Å². The summed E-state index contributed by atoms with van der Waals surface area (Å²) in [6.45, 7) is 4.59. The van der Waals surface area contributed by atoms with Crippen LogP contribution in [0.25, 0.3) is 12.2 Å². The van der Waals surface area contributed by atoms with Gasteiger partial charge in [0.05, 0.1) is 0 Å². The van der Waals surface area contributed by atoms with Gasteiger partial charge < -0.3 is 4.90 Å². The second kappa shape index (κ2) is 7.55. The number of nitrogens with zero attached hydrogens (tertiary/aromatic N) is 1. The van der Waals surface area contributed by atoms with Crippen LogP contribution in [0.5, 0.6) is 0 Å². The highest BCUT2D eigenvalue weighted by Crippen LogP contribution is 2.52. The summed E-state index contributed by atoms with van der Waals surface area (Å²) in [6.07, 6.45) is 8.35. The molecule has 0 bridgehead atoms. The number of hydrogen-bond donors (Lipinski definition) is 0. The van der Waals surface area contributed by atoms with E-state index in [1.54, 1.807) is 5.56 Å². The van der Waals surface area contributed by atoms with E-state index in [1.165, 1.54) is 47.3 Å². The summed E-state index contributed by atoms with van der Waals surface area (Å²) in [5.41, 5.74) is 8.28. The van der Waals surface area contributed by atoms with E-state index in [9.17, 15) is 0 Å². The number of rotatable bonds is 4. The molecule has 0 saturated heterocycles. The maximum atomic E-state index is 2.61. The van der Waals surface area contributed by atoms with Crippen molar-refractivity contribution in [3.8, 4) is 0 Å². The van der Waals surface area contributed by atoms with E-state index >= 15 is 0 Å². The quantitative estimate of drug-likeness (QED) is 0.418. The second-order valence-corrected chi connectivity index (χ2v) is 8.78. The number of benzene rings is 3. The van der Waals surface area contributed by atoms with Gasteiger partial charge in [0.1, 0.15) is 0 Å². The van der Waals surface area contributed by atoms with Crippen molar-refractivity contribution in [3.63, 3.8) is 0 Å². The highest BCUT2D eigenvalue weighted by molar-refractivity contribution is 5.76. The minimum Gasteiger partial charge on any atom is -0.338 e. The zero-order valence-corrected chi connectivity index (χ0v) is 17.4. The SMILES string of the molecule is CC(C)c1ccc2c(c1)C1CCCC1N2c1ccc(/C=C/c2ccccc2)cc1. The van der Waals surface area contributed by atoms with Crippen LogP contribution in [0, 0.1) is 0 Å². The number of anilines is 2. The molecule has 1 aliphatic heterocycles. The normalized spacial score (nSPS) is 20.4. The summed E-state index contributed by atoms with van der Waals surface area (Å²) in [5.74, 6) is 1.28. The maximum absolute atomic E-state index is 2.61. The Bertz CT molecular complexity index is 1010. The molecule has 0 radical (unpaired) electrons. The predicted octanol–water partition coefficient (Wildman–Crippen LogP) is 7.77. The predicted molar refractivity (Wildman–Crippen MR) is 125 cm³/mol. The zero-order chi connectivity index (χ0) is 19.8. The summed E-state index contributed by atoms with van der Waals surface area (Å²) in [7, 11) is 0. The molecule has 5 rings (SSSR count). The highest BCUT2D eigenvalue weighted by atomic mass is 15.2. The summed E-state index contributed by atoms with van der Waals surface area (Å²) in [6, 6.07) is 27.4. The molecule has 2 unspecified atom stereocenters. The van der Waals surface area contributed by atoms with Crippen LogP contribution in [-0.2, 0) is 0 Å². The molecule has 29 heavy (non-hydrogen) atoms. The van der Waals surface area contributed by atoms with Crippen LogP contribution >= 0.6 is 0 Å². The Morgan fingerprint density at radius 2 is 1.55 bits per heavy atom. The van der Waals surface area contributed by atoms with Crippen LogP contribution in [0.2, 0.25) is 0 Å². The Morgan fingerprint density at radius 1 is 0.828 bits per heavy atom. The summed E-state index contributed by atoms with van der Waals surface area (Å²) >= 11 is 0. The lowest BCUT2D eigenvalue weighted by atomic mass is 9.93. The fourth-order valence-corrected chi connectivity index (χ4v) is 5.07. The van der Waals surface area contributed by atoms with Crippen LogP contribution in [0.4, 0.5) is 11.4 Å². The van der Waals surface area contributed by atoms with Gasteiger partial charge in [0.25, 0.3) is 0 Å². The number of fused-ring (bicyclic) bond motifs is 3. The van der Waals surface area contributed by atoms with Crippen molar-refractivity contribution in [1.29, 1.82) is 0 Å². The average molecular weight is 380 g/mol. The van der Waals surface area contributed by atoms with E-state index in [1.807, 2.05) is 0 Å². The molecule has 1 heterocycles. The van der Waals surface area contributed by atoms with Crippen LogP contribution in [0.1, 0.15) is 67.2 Å². The van der Waals surface area contributed by atoms with Crippen LogP contribution in [0.15, 0.2) is 72.8 Å². The van der Waals surface area contributed by atoms with Crippen molar-refractivity contribution in [1.82, 2.24) is 0 Å². The fourth-order valence-electron chi connectivity index (χ4n) is 5.07. The molecule has 0 spiro atoms. The van der Waals surface area contributed by atoms with E-state index in [4.69, 9.17) is 0 Å². The monoisotopic (exact) mass is 379 g/mol. The smallest absolute Gasteiger partial charge is 0.0449 e. The van der Waals surface area contributed by atoms with Crippen LogP contribution in [0.3, 0.4) is 0 Å². The standard InChI is InChI=1S/C28H29N/c1-20(2)23-15-18-28-26(19-23)25-9-6-10-27(25)29(28)24-16-13-22(14-17-24)12-11-21-7-4-3-5-8-21/h3-5,7-8,11-20,25,27H,6,9-10H2,1-2H3/b12-11+. The Morgan fingerprint density at radius 3 is 2.28 bits per heavy atom. The van der Waals surface area contributed by atoms with E-state index in [2.05, 4.69) is 104 Å². The lowest BCUT2D eigenvalue weighted by Gasteiger charge is -2.27. The van der Waals surface area contributed by atoms with Gasteiger partial charge in [0.2, 0.25) is 0 Å². The first-order chi connectivity index (χ1) is 14.2. The molecule has 146 valence electrons. The first-order valence-corrected chi connectivity index (χ1v) is 11.0. The van der Waals surface area contributed by atoms with E-state index < -0.39 is 0 Å². The minimum atomic E-state index is 0.588. The van der Waals surface area contributed by atoms with Crippen LogP contribution < -0.4 is 4.90 Å². The molecule has 0 aromatic heterocycles. The van der Waals surface area contributed by atoms with Crippen molar-refractivity contribution in [3.05, 3.63) is 95.1 Å². The lowest BCUT2D eigenvalue weighted by Crippen LogP contribution is -2.26. The Kier molecular flexibility index (Phi) is 4.75. The summed E-state index contributed by atoms with van der Waals surface area (Å²) in [4.78, 5) is 2.61. The van der Waals surface area contributed by atoms with E-state index in [-0.39, 0.29) is 0 Å². The van der Waals surface area contributed by atoms with Gasteiger partial charge in [0, 0.05) is 23.3 Å². The first-order valence-electron chi connectivity index (χ1n) is 11.0. The summed E-state index contributed by atoms with van der Waals surface area (Å²) < 4.78 is 0. The molecule has 1 heteroatoms. The zero-order valence-electron chi connectivity index (χ0n) is 17.4. The largest absolute Gasteiger partial charge is 0.338 e. The molecular formula is C28H29N. The van der Waals surface area contributed by atoms with Crippen molar-refractivity contribution in [2.45, 2.75) is 51.0 Å². The third kappa shape index (κ3) is 3.40. The van der Waals surface area contributed by atoms with Gasteiger partial charge in [-0.15, -0.1) is 0 Å². The Balaban J connectivity index is 1.44. The van der Waals surface area contributed by atoms with Gasteiger partial charge in [-0.3, -0.25) is 0 Å². The lowest BCUT2D eigenvalue weighted by molar-refractivity contribution is 0.641. The molecule has 2 aliphatic rings. The molecule has 3 aromatic rings. The van der Waals surface area contributed by atoms with Gasteiger partial charge in [-0.2, -0.15) is 0 Å². The fraction of sp³-hybridized carbons (Fsp3) is 0.286. The summed E-state index contributed by atoms with van der Waals surface area (Å²) in [5, 5.41) is 0. The highest BCUT2D eigenvalue weighted by Gasteiger charge is 2.42. The van der Waals surface area contributed by atoms with Gasteiger partial charge in [-0.05, 0) is 59.2 Å². The minimum absolute atomic E-state index is 0.588. The Hall–Kier alpha value is -2.80. The van der Waals surface area contributed by atoms with Crippen molar-refractivity contribution >= 4 is 23.5 Å². The van der Waals surface area contributed by atoms with Gasteiger partial charge in [-0.25, -0.2) is 0 Å². The van der Waals surface area contributed by atoms with Gasteiger partial charge >= 0.3 is 0 Å². The van der Waals surface area contributed by atoms with Crippen LogP contribution in [-0.4, -0.2) is 6.04 Å². The Labute approximate surface area is 174 Å². The molecule has 1 saturated carbocycles. The third-order valence-corrected chi connectivity index (χ3v) is 6.63. The molecule has 0 amide bonds. The van der Waals surface area contributed by atoms with Crippen molar-refractivity contribution < 1.29 is 0 Å². The topological polar surface area (TPSA) is 3.24 Å². The molecule has 1 aliphatic carbocycles. The first kappa shape index (κ1) is 18.2.